The number of rotatable bonds is 4. The normalized spacial score (nSPS) is 10.1. The molecular formula is C18H26N2O2. The standard InChI is InChI=1S/2C9H13NO/c2*1-7-8(5-10)3-2-4-9(7)6-11/h2*2-4,11H,5-6,10H2,1H3. The lowest BCUT2D eigenvalue weighted by Crippen LogP contribution is -2.01. The largest absolute Gasteiger partial charge is 0.392 e. The first-order valence-electron chi connectivity index (χ1n) is 7.35. The van der Waals surface area contributed by atoms with E-state index in [1.165, 1.54) is 0 Å². The van der Waals surface area contributed by atoms with Crippen LogP contribution in [0.25, 0.3) is 0 Å². The summed E-state index contributed by atoms with van der Waals surface area (Å²) < 4.78 is 0. The summed E-state index contributed by atoms with van der Waals surface area (Å²) in [6.45, 7) is 5.24. The van der Waals surface area contributed by atoms with Gasteiger partial charge < -0.3 is 21.7 Å². The highest BCUT2D eigenvalue weighted by molar-refractivity contribution is 5.34. The lowest BCUT2D eigenvalue weighted by atomic mass is 10.0. The second-order valence-electron chi connectivity index (χ2n) is 5.13. The Labute approximate surface area is 132 Å². The van der Waals surface area contributed by atoms with Crippen molar-refractivity contribution in [2.75, 3.05) is 0 Å². The van der Waals surface area contributed by atoms with Crippen LogP contribution in [0.1, 0.15) is 33.4 Å². The van der Waals surface area contributed by atoms with Crippen LogP contribution in [0.15, 0.2) is 36.4 Å². The number of benzene rings is 2. The third-order valence-electron chi connectivity index (χ3n) is 3.90. The first-order valence-corrected chi connectivity index (χ1v) is 7.35. The van der Waals surface area contributed by atoms with E-state index < -0.39 is 0 Å². The Hall–Kier alpha value is -1.72. The fraction of sp³-hybridized carbons (Fsp3) is 0.333. The molecule has 0 radical (unpaired) electrons. The Balaban J connectivity index is 0.000000220. The highest BCUT2D eigenvalue weighted by Crippen LogP contribution is 2.13. The third kappa shape index (κ3) is 4.64. The number of aliphatic hydroxyl groups excluding tert-OH is 2. The predicted molar refractivity (Wildman–Crippen MR) is 90.0 cm³/mol. The summed E-state index contributed by atoms with van der Waals surface area (Å²) >= 11 is 0. The Morgan fingerprint density at radius 1 is 0.682 bits per heavy atom. The second kappa shape index (κ2) is 9.33. The molecule has 0 aliphatic heterocycles. The van der Waals surface area contributed by atoms with E-state index in [1.54, 1.807) is 0 Å². The zero-order valence-corrected chi connectivity index (χ0v) is 13.3. The number of aliphatic hydroxyl groups is 2. The van der Waals surface area contributed by atoms with Gasteiger partial charge in [-0.05, 0) is 47.2 Å². The van der Waals surface area contributed by atoms with Gasteiger partial charge in [0.05, 0.1) is 13.2 Å². The molecule has 0 spiro atoms. The predicted octanol–water partition coefficient (Wildman–Crippen LogP) is 1.89. The van der Waals surface area contributed by atoms with Crippen LogP contribution in [0.4, 0.5) is 0 Å². The molecule has 2 rings (SSSR count). The molecular weight excluding hydrogens is 276 g/mol. The molecule has 0 saturated heterocycles. The fourth-order valence-electron chi connectivity index (χ4n) is 2.26. The lowest BCUT2D eigenvalue weighted by molar-refractivity contribution is 0.280. The molecule has 2 aromatic rings. The zero-order chi connectivity index (χ0) is 16.5. The Morgan fingerprint density at radius 2 is 1.00 bits per heavy atom. The number of nitrogens with two attached hydrogens (primary N) is 2. The van der Waals surface area contributed by atoms with Gasteiger partial charge in [-0.15, -0.1) is 0 Å². The molecule has 0 aliphatic rings. The fourth-order valence-corrected chi connectivity index (χ4v) is 2.26. The quantitative estimate of drug-likeness (QED) is 0.694. The summed E-state index contributed by atoms with van der Waals surface area (Å²) in [7, 11) is 0. The molecule has 0 unspecified atom stereocenters. The first kappa shape index (κ1) is 18.3. The summed E-state index contributed by atoms with van der Waals surface area (Å²) in [5.74, 6) is 0. The molecule has 0 heterocycles. The molecule has 4 heteroatoms. The molecule has 6 N–H and O–H groups in total. The molecule has 0 aliphatic carbocycles. The van der Waals surface area contributed by atoms with Gasteiger partial charge in [0.1, 0.15) is 0 Å². The number of hydrogen-bond donors (Lipinski definition) is 4. The SMILES string of the molecule is Cc1c(CN)cccc1CO.Cc1c(CN)cccc1CO. The lowest BCUT2D eigenvalue weighted by Gasteiger charge is -2.06. The molecule has 0 atom stereocenters. The van der Waals surface area contributed by atoms with Crippen LogP contribution >= 0.6 is 0 Å². The average Bonchev–Trinajstić information content (AvgIpc) is 2.56. The van der Waals surface area contributed by atoms with Gasteiger partial charge in [-0.1, -0.05) is 36.4 Å². The average molecular weight is 302 g/mol. The molecule has 120 valence electrons. The molecule has 4 nitrogen and oxygen atoms in total. The Kier molecular flexibility index (Phi) is 7.77. The highest BCUT2D eigenvalue weighted by Gasteiger charge is 2.00. The van der Waals surface area contributed by atoms with Crippen molar-refractivity contribution in [2.45, 2.75) is 40.2 Å². The van der Waals surface area contributed by atoms with Crippen molar-refractivity contribution >= 4 is 0 Å². The molecule has 0 saturated carbocycles. The maximum absolute atomic E-state index is 8.90. The van der Waals surface area contributed by atoms with Crippen LogP contribution in [0.5, 0.6) is 0 Å². The molecule has 22 heavy (non-hydrogen) atoms. The van der Waals surface area contributed by atoms with Gasteiger partial charge in [0.15, 0.2) is 0 Å². The summed E-state index contributed by atoms with van der Waals surface area (Å²) in [6.07, 6.45) is 0. The van der Waals surface area contributed by atoms with Gasteiger partial charge in [-0.3, -0.25) is 0 Å². The summed E-state index contributed by atoms with van der Waals surface area (Å²) in [6, 6.07) is 11.6. The van der Waals surface area contributed by atoms with E-state index in [1.807, 2.05) is 50.2 Å². The zero-order valence-electron chi connectivity index (χ0n) is 13.3. The Morgan fingerprint density at radius 3 is 1.27 bits per heavy atom. The minimum Gasteiger partial charge on any atom is -0.392 e. The molecule has 0 amide bonds. The van der Waals surface area contributed by atoms with E-state index >= 15 is 0 Å². The minimum atomic E-state index is 0.0969. The smallest absolute Gasteiger partial charge is 0.0684 e. The van der Waals surface area contributed by atoms with Gasteiger partial charge in [0, 0.05) is 13.1 Å². The van der Waals surface area contributed by atoms with Gasteiger partial charge in [-0.25, -0.2) is 0 Å². The van der Waals surface area contributed by atoms with E-state index in [2.05, 4.69) is 0 Å². The van der Waals surface area contributed by atoms with E-state index in [4.69, 9.17) is 21.7 Å². The molecule has 0 fully saturated rings. The third-order valence-corrected chi connectivity index (χ3v) is 3.90. The van der Waals surface area contributed by atoms with E-state index in [0.717, 1.165) is 33.4 Å². The van der Waals surface area contributed by atoms with Crippen molar-refractivity contribution in [3.8, 4) is 0 Å². The van der Waals surface area contributed by atoms with E-state index in [-0.39, 0.29) is 13.2 Å². The van der Waals surface area contributed by atoms with Crippen LogP contribution in [0.3, 0.4) is 0 Å². The number of hydrogen-bond acceptors (Lipinski definition) is 4. The van der Waals surface area contributed by atoms with Crippen molar-refractivity contribution in [2.24, 2.45) is 11.5 Å². The van der Waals surface area contributed by atoms with Crippen LogP contribution in [-0.2, 0) is 26.3 Å². The summed E-state index contributed by atoms with van der Waals surface area (Å²) in [5, 5.41) is 17.8. The van der Waals surface area contributed by atoms with Crippen molar-refractivity contribution in [1.82, 2.24) is 0 Å². The van der Waals surface area contributed by atoms with Crippen LogP contribution in [0, 0.1) is 13.8 Å². The summed E-state index contributed by atoms with van der Waals surface area (Å²) in [5.41, 5.74) is 17.4. The molecule has 0 bridgehead atoms. The van der Waals surface area contributed by atoms with Crippen molar-refractivity contribution in [1.29, 1.82) is 0 Å². The molecule has 2 aromatic carbocycles. The van der Waals surface area contributed by atoms with Crippen LogP contribution < -0.4 is 11.5 Å². The molecule has 0 aromatic heterocycles. The van der Waals surface area contributed by atoms with Crippen molar-refractivity contribution in [3.05, 3.63) is 69.8 Å². The van der Waals surface area contributed by atoms with Crippen molar-refractivity contribution < 1.29 is 10.2 Å². The maximum Gasteiger partial charge on any atom is 0.0684 e. The second-order valence-corrected chi connectivity index (χ2v) is 5.13. The highest BCUT2D eigenvalue weighted by atomic mass is 16.3. The van der Waals surface area contributed by atoms with Crippen molar-refractivity contribution in [3.63, 3.8) is 0 Å². The topological polar surface area (TPSA) is 92.5 Å². The Bertz CT molecular complexity index is 500. The monoisotopic (exact) mass is 302 g/mol. The maximum atomic E-state index is 8.90. The minimum absolute atomic E-state index is 0.0969. The van der Waals surface area contributed by atoms with Gasteiger partial charge >= 0.3 is 0 Å². The van der Waals surface area contributed by atoms with Gasteiger partial charge in [-0.2, -0.15) is 0 Å². The van der Waals surface area contributed by atoms with E-state index in [0.29, 0.717) is 13.1 Å². The van der Waals surface area contributed by atoms with Crippen LogP contribution in [-0.4, -0.2) is 10.2 Å². The van der Waals surface area contributed by atoms with Gasteiger partial charge in [0.2, 0.25) is 0 Å². The van der Waals surface area contributed by atoms with E-state index in [9.17, 15) is 0 Å². The first-order chi connectivity index (χ1) is 10.6. The summed E-state index contributed by atoms with van der Waals surface area (Å²) in [4.78, 5) is 0. The van der Waals surface area contributed by atoms with Gasteiger partial charge in [0.25, 0.3) is 0 Å². The van der Waals surface area contributed by atoms with Crippen LogP contribution in [0.2, 0.25) is 0 Å².